The van der Waals surface area contributed by atoms with Crippen LogP contribution in [0.25, 0.3) is 0 Å². The Morgan fingerprint density at radius 1 is 1.21 bits per heavy atom. The van der Waals surface area contributed by atoms with Gasteiger partial charge in [-0.3, -0.25) is 9.69 Å². The number of hydrogen-bond donors (Lipinski definition) is 0. The molecule has 5 rings (SSSR count). The molecule has 3 saturated heterocycles. The van der Waals surface area contributed by atoms with E-state index in [2.05, 4.69) is 16.8 Å². The van der Waals surface area contributed by atoms with Crippen molar-refractivity contribution in [3.8, 4) is 0 Å². The van der Waals surface area contributed by atoms with Gasteiger partial charge in [-0.25, -0.2) is 14.2 Å². The summed E-state index contributed by atoms with van der Waals surface area (Å²) in [5.41, 5.74) is -0.0570. The largest absolute Gasteiger partial charge is 0.436 e. The number of carbonyl (C=O) groups is 2. The van der Waals surface area contributed by atoms with Gasteiger partial charge in [0.25, 0.3) is 5.91 Å². The minimum Gasteiger partial charge on any atom is -0.436 e. The van der Waals surface area contributed by atoms with Crippen LogP contribution in [0.2, 0.25) is 0 Å². The maximum atomic E-state index is 13.7. The van der Waals surface area contributed by atoms with Gasteiger partial charge in [-0.2, -0.15) is 0 Å². The van der Waals surface area contributed by atoms with Crippen LogP contribution in [0.3, 0.4) is 0 Å². The highest BCUT2D eigenvalue weighted by Crippen LogP contribution is 2.31. The molecule has 2 atom stereocenters. The molecule has 1 aromatic heterocycles. The lowest BCUT2D eigenvalue weighted by Gasteiger charge is -2.32. The number of ether oxygens (including phenoxy) is 2. The van der Waals surface area contributed by atoms with Gasteiger partial charge in [0.1, 0.15) is 11.6 Å². The third-order valence-electron chi connectivity index (χ3n) is 6.70. The van der Waals surface area contributed by atoms with Crippen LogP contribution in [-0.4, -0.2) is 73.4 Å². The Morgan fingerprint density at radius 2 is 2.09 bits per heavy atom. The molecule has 8 nitrogen and oxygen atoms in total. The monoisotopic (exact) mass is 468 g/mol. The fourth-order valence-electron chi connectivity index (χ4n) is 5.01. The zero-order valence-corrected chi connectivity index (χ0v) is 19.3. The Hall–Kier alpha value is -3.20. The number of nitrogens with zero attached hydrogens (tertiary/aromatic N) is 4. The van der Waals surface area contributed by atoms with Crippen LogP contribution in [-0.2, 0) is 9.47 Å². The number of benzene rings is 1. The number of pyridine rings is 1. The van der Waals surface area contributed by atoms with Crippen LogP contribution in [0.5, 0.6) is 0 Å². The summed E-state index contributed by atoms with van der Waals surface area (Å²) in [5, 5.41) is 0. The van der Waals surface area contributed by atoms with Crippen LogP contribution in [0.15, 0.2) is 42.6 Å². The van der Waals surface area contributed by atoms with Gasteiger partial charge in [-0.05, 0) is 49.1 Å². The van der Waals surface area contributed by atoms with Crippen LogP contribution in [0.4, 0.5) is 20.7 Å². The summed E-state index contributed by atoms with van der Waals surface area (Å²) < 4.78 is 25.2. The van der Waals surface area contributed by atoms with Crippen molar-refractivity contribution in [2.75, 3.05) is 55.7 Å². The molecule has 2 aromatic rings. The number of rotatable bonds is 3. The number of anilines is 2. The zero-order chi connectivity index (χ0) is 23.7. The Kier molecular flexibility index (Phi) is 6.12. The van der Waals surface area contributed by atoms with E-state index in [0.29, 0.717) is 30.3 Å². The maximum Gasteiger partial charge on any atom is 0.415 e. The molecule has 0 unspecified atom stereocenters. The van der Waals surface area contributed by atoms with Gasteiger partial charge in [0.2, 0.25) is 0 Å². The quantitative estimate of drug-likeness (QED) is 0.688. The van der Waals surface area contributed by atoms with E-state index in [1.807, 2.05) is 6.07 Å². The van der Waals surface area contributed by atoms with E-state index < -0.39 is 17.5 Å². The second kappa shape index (κ2) is 9.21. The summed E-state index contributed by atoms with van der Waals surface area (Å²) in [6.07, 6.45) is 3.41. The Morgan fingerprint density at radius 3 is 2.91 bits per heavy atom. The van der Waals surface area contributed by atoms with Crippen molar-refractivity contribution in [2.24, 2.45) is 5.92 Å². The van der Waals surface area contributed by atoms with Crippen LogP contribution < -0.4 is 9.80 Å². The first-order chi connectivity index (χ1) is 16.4. The van der Waals surface area contributed by atoms with Gasteiger partial charge in [-0.15, -0.1) is 0 Å². The van der Waals surface area contributed by atoms with Gasteiger partial charge < -0.3 is 19.3 Å². The lowest BCUT2D eigenvalue weighted by molar-refractivity contribution is -0.0140. The van der Waals surface area contributed by atoms with Gasteiger partial charge in [0.15, 0.2) is 5.60 Å². The Labute approximate surface area is 198 Å². The standard InChI is InChI=1S/C25H29FN4O4/c1-18-4-3-9-28(14-18)22-12-19(7-8-27-22)23(31)29-10-11-33-17-25(15-29)16-30(24(32)34-25)21-6-2-5-20(26)13-21/h2,5-8,12-13,18H,3-4,9-11,14-17H2,1H3/t18-,25-/m0/s1. The average Bonchev–Trinajstić information content (AvgIpc) is 3.02. The molecule has 3 aliphatic heterocycles. The van der Waals surface area contributed by atoms with Crippen LogP contribution in [0, 0.1) is 11.7 Å². The molecule has 180 valence electrons. The van der Waals surface area contributed by atoms with Crippen molar-refractivity contribution in [1.29, 1.82) is 0 Å². The average molecular weight is 469 g/mol. The van der Waals surface area contributed by atoms with Gasteiger partial charge in [0, 0.05) is 31.4 Å². The second-order valence-electron chi connectivity index (χ2n) is 9.49. The molecule has 34 heavy (non-hydrogen) atoms. The molecule has 9 heteroatoms. The highest BCUT2D eigenvalue weighted by molar-refractivity contribution is 5.95. The number of amides is 2. The summed E-state index contributed by atoms with van der Waals surface area (Å²) in [4.78, 5) is 36.0. The number of halogens is 1. The molecule has 0 saturated carbocycles. The molecule has 0 aliphatic carbocycles. The fourth-order valence-corrected chi connectivity index (χ4v) is 5.01. The van der Waals surface area contributed by atoms with Gasteiger partial charge in [-0.1, -0.05) is 13.0 Å². The molecule has 1 aromatic carbocycles. The van der Waals surface area contributed by atoms with E-state index in [1.165, 1.54) is 23.5 Å². The Balaban J connectivity index is 1.34. The van der Waals surface area contributed by atoms with Gasteiger partial charge >= 0.3 is 6.09 Å². The van der Waals surface area contributed by atoms with Crippen molar-refractivity contribution in [3.63, 3.8) is 0 Å². The predicted octanol–water partition coefficient (Wildman–Crippen LogP) is 3.33. The van der Waals surface area contributed by atoms with E-state index in [0.717, 1.165) is 25.3 Å². The Bertz CT molecular complexity index is 1080. The molecule has 0 bridgehead atoms. The molecule has 0 radical (unpaired) electrons. The number of carbonyl (C=O) groups excluding carboxylic acids is 2. The molecule has 4 heterocycles. The highest BCUT2D eigenvalue weighted by Gasteiger charge is 2.49. The van der Waals surface area contributed by atoms with E-state index in [4.69, 9.17) is 9.47 Å². The molecule has 0 N–H and O–H groups in total. The summed E-state index contributed by atoms with van der Waals surface area (Å²) in [6, 6.07) is 9.39. The SMILES string of the molecule is C[C@H]1CCCN(c2cc(C(=O)N3CCOC[C@]4(C3)CN(c3cccc(F)c3)C(=O)O4)ccn2)C1. The minimum absolute atomic E-state index is 0.154. The molecule has 1 spiro atoms. The predicted molar refractivity (Wildman–Crippen MR) is 125 cm³/mol. The van der Waals surface area contributed by atoms with Crippen molar-refractivity contribution in [2.45, 2.75) is 25.4 Å². The molecule has 2 amide bonds. The summed E-state index contributed by atoms with van der Waals surface area (Å²) in [5.74, 6) is 0.814. The van der Waals surface area contributed by atoms with E-state index >= 15 is 0 Å². The van der Waals surface area contributed by atoms with E-state index in [9.17, 15) is 14.0 Å². The van der Waals surface area contributed by atoms with Crippen molar-refractivity contribution in [1.82, 2.24) is 9.88 Å². The molecule has 3 fully saturated rings. The van der Waals surface area contributed by atoms with Crippen LogP contribution in [0.1, 0.15) is 30.1 Å². The van der Waals surface area contributed by atoms with Crippen molar-refractivity contribution in [3.05, 3.63) is 54.0 Å². The first kappa shape index (κ1) is 22.6. The van der Waals surface area contributed by atoms with E-state index in [-0.39, 0.29) is 25.6 Å². The van der Waals surface area contributed by atoms with Crippen molar-refractivity contribution >= 4 is 23.5 Å². The lowest BCUT2D eigenvalue weighted by Crippen LogP contribution is -2.49. The first-order valence-electron chi connectivity index (χ1n) is 11.8. The third-order valence-corrected chi connectivity index (χ3v) is 6.70. The van der Waals surface area contributed by atoms with Crippen LogP contribution >= 0.6 is 0 Å². The molecular formula is C25H29FN4O4. The van der Waals surface area contributed by atoms with E-state index in [1.54, 1.807) is 29.3 Å². The fraction of sp³-hybridized carbons (Fsp3) is 0.480. The number of piperidine rings is 1. The smallest absolute Gasteiger partial charge is 0.415 e. The van der Waals surface area contributed by atoms with Crippen molar-refractivity contribution < 1.29 is 23.5 Å². The lowest BCUT2D eigenvalue weighted by atomic mass is 10.0. The normalized spacial score (nSPS) is 25.4. The highest BCUT2D eigenvalue weighted by atomic mass is 19.1. The summed E-state index contributed by atoms with van der Waals surface area (Å²) >= 11 is 0. The molecular weight excluding hydrogens is 439 g/mol. The number of hydrogen-bond acceptors (Lipinski definition) is 6. The van der Waals surface area contributed by atoms with Gasteiger partial charge in [0.05, 0.1) is 32.0 Å². The first-order valence-corrected chi connectivity index (χ1v) is 11.8. The summed E-state index contributed by atoms with van der Waals surface area (Å²) in [7, 11) is 0. The maximum absolute atomic E-state index is 13.7. The number of aromatic nitrogens is 1. The molecule has 3 aliphatic rings. The second-order valence-corrected chi connectivity index (χ2v) is 9.49. The minimum atomic E-state index is -1.02. The topological polar surface area (TPSA) is 75.2 Å². The zero-order valence-electron chi connectivity index (χ0n) is 19.3. The summed E-state index contributed by atoms with van der Waals surface area (Å²) in [6.45, 7) is 5.35. The third kappa shape index (κ3) is 4.57.